The Morgan fingerprint density at radius 3 is 2.55 bits per heavy atom. The van der Waals surface area contributed by atoms with Crippen molar-refractivity contribution in [3.63, 3.8) is 0 Å². The molecule has 1 unspecified atom stereocenters. The standard InChI is InChI=1S/C36H48F2N6O3.C2H6.CH4O/c1-4-27-14-15-30-29(24-27)39-35(45)44(30)28-16-20-42(21-17-28)26(3)13-7-11-23-47-36(37,38)34-40-31-25(2)12-6-5-10-22-46-32(31)33(41-34)43-18-8-9-19-43;2*1-2/h5-6,10,12,14,24-25,28,30H,3-4,7-9,11,13,15-23H2,1-2H3,(H,39,45);1-2H3;2H,1H3/b10-5-,12-6-;;/t25-,30?;;/m1../s1. The fraction of sp³-hybridized carbons (Fsp3) is 0.615. The number of fused-ring (bicyclic) bond motifs is 2. The predicted molar refractivity (Wildman–Crippen MR) is 198 cm³/mol. The number of ether oxygens (including phenoxy) is 2. The van der Waals surface area contributed by atoms with Crippen LogP contribution < -0.4 is 15.0 Å². The van der Waals surface area contributed by atoms with Gasteiger partial charge in [0.05, 0.1) is 18.3 Å². The van der Waals surface area contributed by atoms with Crippen LogP contribution in [0, 0.1) is 0 Å². The van der Waals surface area contributed by atoms with Crippen molar-refractivity contribution in [2.75, 3.05) is 51.4 Å². The number of aromatic nitrogens is 2. The molecule has 282 valence electrons. The zero-order valence-corrected chi connectivity index (χ0v) is 31.2. The zero-order valence-electron chi connectivity index (χ0n) is 31.2. The highest BCUT2D eigenvalue weighted by Crippen LogP contribution is 2.40. The number of nitrogens with zero attached hydrogens (tertiary/aromatic N) is 5. The van der Waals surface area contributed by atoms with Crippen LogP contribution in [0.2, 0.25) is 0 Å². The maximum Gasteiger partial charge on any atom is 0.417 e. The molecule has 0 radical (unpaired) electrons. The second-order valence-electron chi connectivity index (χ2n) is 13.1. The Hall–Kier alpha value is -3.77. The third kappa shape index (κ3) is 9.77. The summed E-state index contributed by atoms with van der Waals surface area (Å²) in [6.07, 6.45) is 15.7. The van der Waals surface area contributed by atoms with Crippen LogP contribution in [0.3, 0.4) is 0 Å². The van der Waals surface area contributed by atoms with Gasteiger partial charge in [-0.3, -0.25) is 0 Å². The first-order valence-electron chi connectivity index (χ1n) is 18.8. The first-order chi connectivity index (χ1) is 24.7. The number of carbonyl (C=O) groups is 1. The molecule has 2 amide bonds. The monoisotopic (exact) mass is 712 g/mol. The van der Waals surface area contributed by atoms with Gasteiger partial charge in [0.25, 0.3) is 0 Å². The van der Waals surface area contributed by atoms with Gasteiger partial charge < -0.3 is 34.6 Å². The number of anilines is 1. The number of rotatable bonds is 11. The Labute approximate surface area is 303 Å². The molecule has 2 atom stereocenters. The summed E-state index contributed by atoms with van der Waals surface area (Å²) in [5.41, 5.74) is 3.75. The number of amides is 2. The number of piperidine rings is 1. The van der Waals surface area contributed by atoms with Gasteiger partial charge in [-0.25, -0.2) is 14.8 Å². The molecule has 5 aliphatic rings. The lowest BCUT2D eigenvalue weighted by atomic mass is 9.95. The molecule has 0 aromatic carbocycles. The quantitative estimate of drug-likeness (QED) is 0.227. The van der Waals surface area contributed by atoms with E-state index < -0.39 is 11.9 Å². The first kappa shape index (κ1) is 40.0. The topological polar surface area (TPSA) is 103 Å². The maximum atomic E-state index is 15.5. The largest absolute Gasteiger partial charge is 0.484 e. The highest BCUT2D eigenvalue weighted by Gasteiger charge is 2.42. The van der Waals surface area contributed by atoms with Crippen LogP contribution in [0.4, 0.5) is 19.4 Å². The van der Waals surface area contributed by atoms with E-state index in [1.165, 1.54) is 5.57 Å². The molecular weight excluding hydrogens is 654 g/mol. The number of carbonyl (C=O) groups excluding carboxylic acids is 1. The number of allylic oxidation sites excluding steroid dienone is 6. The minimum Gasteiger partial charge on any atom is -0.484 e. The van der Waals surface area contributed by atoms with Gasteiger partial charge in [0.1, 0.15) is 6.61 Å². The Morgan fingerprint density at radius 1 is 1.12 bits per heavy atom. The van der Waals surface area contributed by atoms with Crippen LogP contribution in [0.5, 0.6) is 5.75 Å². The van der Waals surface area contributed by atoms with Crippen LogP contribution in [0.1, 0.15) is 103 Å². The number of aliphatic hydroxyl groups excluding tert-OH is 1. The Bertz CT molecular complexity index is 1450. The lowest BCUT2D eigenvalue weighted by Gasteiger charge is -2.40. The average molecular weight is 713 g/mol. The van der Waals surface area contributed by atoms with Crippen molar-refractivity contribution >= 4 is 11.8 Å². The highest BCUT2D eigenvalue weighted by atomic mass is 19.3. The molecule has 0 bridgehead atoms. The number of unbranched alkanes of at least 4 members (excludes halogenated alkanes) is 1. The number of urea groups is 1. The number of likely N-dealkylation sites (tertiary alicyclic amines) is 1. The van der Waals surface area contributed by atoms with Gasteiger partial charge in [0, 0.05) is 56.6 Å². The number of hydrogen-bond acceptors (Lipinski definition) is 8. The molecule has 1 aliphatic carbocycles. The number of aliphatic hydroxyl groups is 1. The Kier molecular flexibility index (Phi) is 15.0. The van der Waals surface area contributed by atoms with Crippen LogP contribution in [0.25, 0.3) is 0 Å². The van der Waals surface area contributed by atoms with Crippen LogP contribution in [-0.2, 0) is 10.8 Å². The lowest BCUT2D eigenvalue weighted by molar-refractivity contribution is -0.254. The van der Waals surface area contributed by atoms with E-state index in [1.54, 1.807) is 0 Å². The van der Waals surface area contributed by atoms with Crippen LogP contribution in [-0.4, -0.2) is 89.5 Å². The smallest absolute Gasteiger partial charge is 0.417 e. The van der Waals surface area contributed by atoms with E-state index in [4.69, 9.17) is 14.6 Å². The summed E-state index contributed by atoms with van der Waals surface area (Å²) in [6, 6.07) is 0.311. The second-order valence-corrected chi connectivity index (χ2v) is 13.1. The molecule has 12 heteroatoms. The van der Waals surface area contributed by atoms with Crippen molar-refractivity contribution in [2.45, 2.75) is 110 Å². The normalized spacial score (nSPS) is 23.0. The predicted octanol–water partition coefficient (Wildman–Crippen LogP) is 7.55. The number of hydrogen-bond donors (Lipinski definition) is 2. The minimum absolute atomic E-state index is 0.00696. The molecule has 0 spiro atoms. The number of halogens is 2. The molecule has 2 N–H and O–H groups in total. The number of alkyl halides is 2. The molecule has 0 saturated carbocycles. The van der Waals surface area contributed by atoms with E-state index in [1.807, 2.05) is 54.9 Å². The number of nitrogens with one attached hydrogen (secondary N) is 1. The zero-order chi connectivity index (χ0) is 37.0. The molecular formula is C39H58F2N6O4. The summed E-state index contributed by atoms with van der Waals surface area (Å²) in [7, 11) is 1.00. The van der Waals surface area contributed by atoms with Gasteiger partial charge >= 0.3 is 12.1 Å². The third-order valence-corrected chi connectivity index (χ3v) is 9.92. The average Bonchev–Trinajstić information content (AvgIpc) is 3.82. The Balaban J connectivity index is 0.00000141. The fourth-order valence-corrected chi connectivity index (χ4v) is 7.20. The molecule has 6 rings (SSSR count). The summed E-state index contributed by atoms with van der Waals surface area (Å²) in [5.74, 6) is 0.0401. The van der Waals surface area contributed by atoms with Gasteiger partial charge in [-0.15, -0.1) is 0 Å². The minimum atomic E-state index is -3.63. The van der Waals surface area contributed by atoms with Gasteiger partial charge in [0.15, 0.2) is 11.6 Å². The van der Waals surface area contributed by atoms with E-state index in [-0.39, 0.29) is 30.6 Å². The second kappa shape index (κ2) is 19.2. The molecule has 3 fully saturated rings. The first-order valence-corrected chi connectivity index (χ1v) is 18.8. The third-order valence-electron chi connectivity index (χ3n) is 9.92. The van der Waals surface area contributed by atoms with E-state index >= 15 is 8.78 Å². The van der Waals surface area contributed by atoms with E-state index in [0.29, 0.717) is 43.1 Å². The van der Waals surface area contributed by atoms with Crippen molar-refractivity contribution in [1.29, 1.82) is 0 Å². The van der Waals surface area contributed by atoms with Crippen molar-refractivity contribution in [3.05, 3.63) is 71.5 Å². The Morgan fingerprint density at radius 2 is 1.84 bits per heavy atom. The summed E-state index contributed by atoms with van der Waals surface area (Å²) >= 11 is 0. The lowest BCUT2D eigenvalue weighted by Crippen LogP contribution is -2.48. The SMILES string of the molecule is C=C(CCCCOC(F)(F)c1nc2c(c(N3CCCC3)n1)OC/C=C\C=C/[C@H]2C)N1CCC(N2C(=O)NC3=CC(CC)=CCC32)CC1.CC.CO. The van der Waals surface area contributed by atoms with Crippen LogP contribution >= 0.6 is 0 Å². The van der Waals surface area contributed by atoms with Gasteiger partial charge in [-0.2, -0.15) is 8.78 Å². The summed E-state index contributed by atoms with van der Waals surface area (Å²) < 4.78 is 42.2. The fourth-order valence-electron chi connectivity index (χ4n) is 7.20. The molecule has 1 aromatic rings. The van der Waals surface area contributed by atoms with Crippen molar-refractivity contribution in [3.8, 4) is 5.75 Å². The maximum absolute atomic E-state index is 15.5. The molecule has 51 heavy (non-hydrogen) atoms. The molecule has 10 nitrogen and oxygen atoms in total. The molecule has 5 heterocycles. The van der Waals surface area contributed by atoms with Crippen molar-refractivity contribution in [1.82, 2.24) is 25.1 Å². The molecule has 1 aromatic heterocycles. The van der Waals surface area contributed by atoms with Crippen LogP contribution in [0.15, 0.2) is 60.0 Å². The van der Waals surface area contributed by atoms with Crippen molar-refractivity contribution < 1.29 is 28.2 Å². The summed E-state index contributed by atoms with van der Waals surface area (Å²) in [6.45, 7) is 15.7. The van der Waals surface area contributed by atoms with E-state index in [9.17, 15) is 4.79 Å². The summed E-state index contributed by atoms with van der Waals surface area (Å²) in [4.78, 5) is 27.8. The summed E-state index contributed by atoms with van der Waals surface area (Å²) in [5, 5.41) is 10.1. The van der Waals surface area contributed by atoms with Gasteiger partial charge in [-0.1, -0.05) is 64.2 Å². The van der Waals surface area contributed by atoms with Crippen molar-refractivity contribution in [2.24, 2.45) is 0 Å². The molecule has 3 saturated heterocycles. The van der Waals surface area contributed by atoms with E-state index in [2.05, 4.69) is 45.8 Å². The molecule has 4 aliphatic heterocycles. The highest BCUT2D eigenvalue weighted by molar-refractivity contribution is 5.81. The van der Waals surface area contributed by atoms with Gasteiger partial charge in [-0.05, 0) is 69.9 Å². The van der Waals surface area contributed by atoms with E-state index in [0.717, 1.165) is 83.2 Å². The van der Waals surface area contributed by atoms with Gasteiger partial charge in [0.2, 0.25) is 5.82 Å².